The first kappa shape index (κ1) is 12.2. The van der Waals surface area contributed by atoms with Gasteiger partial charge in [0.1, 0.15) is 0 Å². The van der Waals surface area contributed by atoms with Crippen LogP contribution in [0.3, 0.4) is 0 Å². The number of rotatable bonds is 1. The average molecular weight is 246 g/mol. The highest BCUT2D eigenvalue weighted by Crippen LogP contribution is 2.31. The molecular weight excluding hydrogens is 224 g/mol. The largest absolute Gasteiger partial charge is 0.392 e. The molecule has 0 amide bonds. The van der Waals surface area contributed by atoms with Crippen molar-refractivity contribution in [2.45, 2.75) is 38.0 Å². The second kappa shape index (κ2) is 5.39. The van der Waals surface area contributed by atoms with Gasteiger partial charge in [-0.15, -0.1) is 0 Å². The molecule has 2 aliphatic heterocycles. The lowest BCUT2D eigenvalue weighted by atomic mass is 9.95. The van der Waals surface area contributed by atoms with E-state index >= 15 is 0 Å². The van der Waals surface area contributed by atoms with Crippen molar-refractivity contribution in [2.75, 3.05) is 19.6 Å². The van der Waals surface area contributed by atoms with Gasteiger partial charge in [-0.25, -0.2) is 0 Å². The van der Waals surface area contributed by atoms with Crippen LogP contribution in [0.4, 0.5) is 0 Å². The van der Waals surface area contributed by atoms with Crippen LogP contribution in [0.1, 0.15) is 36.4 Å². The van der Waals surface area contributed by atoms with E-state index in [-0.39, 0.29) is 6.10 Å². The summed E-state index contributed by atoms with van der Waals surface area (Å²) in [5, 5.41) is 13.4. The van der Waals surface area contributed by atoms with E-state index in [1.54, 1.807) is 0 Å². The first-order valence-electron chi connectivity index (χ1n) is 7.05. The minimum Gasteiger partial charge on any atom is -0.392 e. The highest BCUT2D eigenvalue weighted by Gasteiger charge is 2.28. The zero-order valence-electron chi connectivity index (χ0n) is 10.8. The average Bonchev–Trinajstić information content (AvgIpc) is 2.61. The SMILES string of the molecule is OC1CCCN(C2CCNCc3ccccc32)C1. The maximum absolute atomic E-state index is 9.87. The van der Waals surface area contributed by atoms with E-state index in [9.17, 15) is 5.11 Å². The molecule has 0 bridgehead atoms. The van der Waals surface area contributed by atoms with Crippen LogP contribution in [0.2, 0.25) is 0 Å². The molecule has 2 aliphatic rings. The molecule has 1 fully saturated rings. The lowest BCUT2D eigenvalue weighted by molar-refractivity contribution is 0.0442. The monoisotopic (exact) mass is 246 g/mol. The van der Waals surface area contributed by atoms with Crippen LogP contribution < -0.4 is 5.32 Å². The van der Waals surface area contributed by atoms with Gasteiger partial charge in [0.05, 0.1) is 6.10 Å². The van der Waals surface area contributed by atoms with Crippen molar-refractivity contribution in [1.82, 2.24) is 10.2 Å². The first-order valence-corrected chi connectivity index (χ1v) is 7.05. The maximum atomic E-state index is 9.87. The van der Waals surface area contributed by atoms with Gasteiger partial charge in [0.2, 0.25) is 0 Å². The Morgan fingerprint density at radius 2 is 2.11 bits per heavy atom. The molecule has 2 N–H and O–H groups in total. The molecule has 3 heteroatoms. The van der Waals surface area contributed by atoms with Crippen LogP contribution in [0.25, 0.3) is 0 Å². The van der Waals surface area contributed by atoms with Gasteiger partial charge in [0, 0.05) is 19.1 Å². The van der Waals surface area contributed by atoms with Crippen LogP contribution in [-0.2, 0) is 6.54 Å². The quantitative estimate of drug-likeness (QED) is 0.791. The predicted octanol–water partition coefficient (Wildman–Crippen LogP) is 1.68. The molecule has 2 heterocycles. The van der Waals surface area contributed by atoms with Gasteiger partial charge in [-0.05, 0) is 43.5 Å². The third-order valence-electron chi connectivity index (χ3n) is 4.19. The van der Waals surface area contributed by atoms with Crippen LogP contribution in [0, 0.1) is 0 Å². The van der Waals surface area contributed by atoms with Crippen LogP contribution in [0.15, 0.2) is 24.3 Å². The molecule has 1 aromatic carbocycles. The molecule has 1 saturated heterocycles. The number of aliphatic hydroxyl groups excluding tert-OH is 1. The fourth-order valence-electron chi connectivity index (χ4n) is 3.28. The molecule has 0 spiro atoms. The summed E-state index contributed by atoms with van der Waals surface area (Å²) in [6.45, 7) is 3.99. The molecule has 2 unspecified atom stereocenters. The fraction of sp³-hybridized carbons (Fsp3) is 0.600. The molecular formula is C15H22N2O. The Balaban J connectivity index is 1.86. The number of nitrogens with one attached hydrogen (secondary N) is 1. The summed E-state index contributed by atoms with van der Waals surface area (Å²) in [5.41, 5.74) is 2.87. The van der Waals surface area contributed by atoms with Gasteiger partial charge in [0.15, 0.2) is 0 Å². The highest BCUT2D eigenvalue weighted by atomic mass is 16.3. The number of nitrogens with zero attached hydrogens (tertiary/aromatic N) is 1. The van der Waals surface area contributed by atoms with E-state index in [1.807, 2.05) is 0 Å². The number of fused-ring (bicyclic) bond motifs is 1. The van der Waals surface area contributed by atoms with Crippen molar-refractivity contribution in [2.24, 2.45) is 0 Å². The second-order valence-corrected chi connectivity index (χ2v) is 5.47. The van der Waals surface area contributed by atoms with Gasteiger partial charge >= 0.3 is 0 Å². The summed E-state index contributed by atoms with van der Waals surface area (Å²) >= 11 is 0. The Kier molecular flexibility index (Phi) is 3.64. The van der Waals surface area contributed by atoms with E-state index < -0.39 is 0 Å². The number of piperidine rings is 1. The molecule has 2 atom stereocenters. The third kappa shape index (κ3) is 2.44. The molecule has 0 saturated carbocycles. The molecule has 3 nitrogen and oxygen atoms in total. The van der Waals surface area contributed by atoms with E-state index in [0.717, 1.165) is 45.4 Å². The Hall–Kier alpha value is -0.900. The summed E-state index contributed by atoms with van der Waals surface area (Å²) < 4.78 is 0. The molecule has 1 aromatic rings. The first-order chi connectivity index (χ1) is 8.84. The Labute approximate surface area is 109 Å². The van der Waals surface area contributed by atoms with Crippen molar-refractivity contribution in [3.05, 3.63) is 35.4 Å². The van der Waals surface area contributed by atoms with Crippen molar-refractivity contribution >= 4 is 0 Å². The number of likely N-dealkylation sites (tertiary alicyclic amines) is 1. The third-order valence-corrected chi connectivity index (χ3v) is 4.19. The van der Waals surface area contributed by atoms with Gasteiger partial charge in [0.25, 0.3) is 0 Å². The normalized spacial score (nSPS) is 29.6. The predicted molar refractivity (Wildman–Crippen MR) is 72.3 cm³/mol. The molecule has 0 radical (unpaired) electrons. The molecule has 0 aromatic heterocycles. The lowest BCUT2D eigenvalue weighted by Crippen LogP contribution is -2.41. The number of hydrogen-bond acceptors (Lipinski definition) is 3. The minimum absolute atomic E-state index is 0.137. The van der Waals surface area contributed by atoms with Crippen LogP contribution in [-0.4, -0.2) is 35.7 Å². The zero-order chi connectivity index (χ0) is 12.4. The smallest absolute Gasteiger partial charge is 0.0667 e. The summed E-state index contributed by atoms with van der Waals surface area (Å²) in [5.74, 6) is 0. The van der Waals surface area contributed by atoms with E-state index in [0.29, 0.717) is 6.04 Å². The van der Waals surface area contributed by atoms with Crippen molar-refractivity contribution in [3.8, 4) is 0 Å². The van der Waals surface area contributed by atoms with Gasteiger partial charge < -0.3 is 10.4 Å². The molecule has 18 heavy (non-hydrogen) atoms. The Morgan fingerprint density at radius 1 is 1.22 bits per heavy atom. The van der Waals surface area contributed by atoms with Crippen LogP contribution in [0.5, 0.6) is 0 Å². The number of benzene rings is 1. The summed E-state index contributed by atoms with van der Waals surface area (Å²) in [6.07, 6.45) is 3.09. The summed E-state index contributed by atoms with van der Waals surface area (Å²) in [6, 6.07) is 9.21. The van der Waals surface area contributed by atoms with Gasteiger partial charge in [-0.1, -0.05) is 24.3 Å². The molecule has 3 rings (SSSR count). The van der Waals surface area contributed by atoms with Crippen molar-refractivity contribution in [1.29, 1.82) is 0 Å². The van der Waals surface area contributed by atoms with Crippen molar-refractivity contribution < 1.29 is 5.11 Å². The summed E-state index contributed by atoms with van der Waals surface area (Å²) in [4.78, 5) is 2.47. The molecule has 0 aliphatic carbocycles. The van der Waals surface area contributed by atoms with Gasteiger partial charge in [-0.3, -0.25) is 4.90 Å². The maximum Gasteiger partial charge on any atom is 0.0667 e. The highest BCUT2D eigenvalue weighted by molar-refractivity contribution is 5.31. The van der Waals surface area contributed by atoms with E-state index in [4.69, 9.17) is 0 Å². The Bertz CT molecular complexity index is 407. The molecule has 98 valence electrons. The Morgan fingerprint density at radius 3 is 3.00 bits per heavy atom. The zero-order valence-corrected chi connectivity index (χ0v) is 10.8. The number of hydrogen-bond donors (Lipinski definition) is 2. The number of aliphatic hydroxyl groups is 1. The lowest BCUT2D eigenvalue weighted by Gasteiger charge is -2.37. The van der Waals surface area contributed by atoms with E-state index in [2.05, 4.69) is 34.5 Å². The number of β-amino-alcohol motifs (C(OH)–C–C–N with tert-alkyl or cyclic N) is 1. The van der Waals surface area contributed by atoms with Crippen molar-refractivity contribution in [3.63, 3.8) is 0 Å². The van der Waals surface area contributed by atoms with Gasteiger partial charge in [-0.2, -0.15) is 0 Å². The fourth-order valence-corrected chi connectivity index (χ4v) is 3.28. The minimum atomic E-state index is -0.137. The summed E-state index contributed by atoms with van der Waals surface area (Å²) in [7, 11) is 0. The standard InChI is InChI=1S/C15H22N2O/c18-13-5-3-9-17(11-13)15-7-8-16-10-12-4-1-2-6-14(12)15/h1-2,4,6,13,15-16,18H,3,5,7-11H2. The van der Waals surface area contributed by atoms with Crippen LogP contribution >= 0.6 is 0 Å². The second-order valence-electron chi connectivity index (χ2n) is 5.47. The topological polar surface area (TPSA) is 35.5 Å². The van der Waals surface area contributed by atoms with E-state index in [1.165, 1.54) is 11.1 Å².